The van der Waals surface area contributed by atoms with E-state index in [-0.39, 0.29) is 5.91 Å². The SMILES string of the molecule is C=C(/C=C(\C)N(CCN1CCCCC1)C(C)=O)CCC. The molecular weight excluding hydrogens is 248 g/mol. The van der Waals surface area contributed by atoms with Crippen LogP contribution in [0.5, 0.6) is 0 Å². The van der Waals surface area contributed by atoms with Crippen LogP contribution in [0.4, 0.5) is 0 Å². The minimum atomic E-state index is 0.125. The molecule has 0 bridgehead atoms. The Labute approximate surface area is 124 Å². The molecule has 1 aliphatic heterocycles. The summed E-state index contributed by atoms with van der Waals surface area (Å²) in [4.78, 5) is 16.2. The van der Waals surface area contributed by atoms with Gasteiger partial charge in [-0.3, -0.25) is 4.79 Å². The third kappa shape index (κ3) is 5.91. The quantitative estimate of drug-likeness (QED) is 0.665. The molecule has 3 heteroatoms. The Morgan fingerprint density at radius 3 is 2.45 bits per heavy atom. The summed E-state index contributed by atoms with van der Waals surface area (Å²) < 4.78 is 0. The minimum Gasteiger partial charge on any atom is -0.315 e. The molecule has 0 atom stereocenters. The van der Waals surface area contributed by atoms with Gasteiger partial charge in [-0.1, -0.05) is 31.9 Å². The summed E-state index contributed by atoms with van der Waals surface area (Å²) in [7, 11) is 0. The van der Waals surface area contributed by atoms with E-state index >= 15 is 0 Å². The van der Waals surface area contributed by atoms with Gasteiger partial charge in [-0.05, 0) is 45.4 Å². The molecule has 1 saturated heterocycles. The van der Waals surface area contributed by atoms with Crippen molar-refractivity contribution in [3.63, 3.8) is 0 Å². The number of rotatable bonds is 7. The van der Waals surface area contributed by atoms with Gasteiger partial charge in [0.2, 0.25) is 5.91 Å². The van der Waals surface area contributed by atoms with Crippen LogP contribution in [0, 0.1) is 0 Å². The van der Waals surface area contributed by atoms with Crippen LogP contribution < -0.4 is 0 Å². The lowest BCUT2D eigenvalue weighted by atomic mass is 10.1. The van der Waals surface area contributed by atoms with Gasteiger partial charge in [0.15, 0.2) is 0 Å². The summed E-state index contributed by atoms with van der Waals surface area (Å²) in [5.74, 6) is 0.125. The van der Waals surface area contributed by atoms with Gasteiger partial charge in [-0.2, -0.15) is 0 Å². The van der Waals surface area contributed by atoms with E-state index in [0.717, 1.165) is 37.2 Å². The third-order valence-corrected chi connectivity index (χ3v) is 3.88. The molecule has 0 aliphatic carbocycles. The molecule has 0 radical (unpaired) electrons. The lowest BCUT2D eigenvalue weighted by Crippen LogP contribution is -2.39. The lowest BCUT2D eigenvalue weighted by Gasteiger charge is -2.30. The highest BCUT2D eigenvalue weighted by Gasteiger charge is 2.15. The Balaban J connectivity index is 2.54. The van der Waals surface area contributed by atoms with Crippen molar-refractivity contribution in [1.29, 1.82) is 0 Å². The first kappa shape index (κ1) is 17.0. The van der Waals surface area contributed by atoms with Crippen LogP contribution in [-0.2, 0) is 4.79 Å². The molecule has 0 unspecified atom stereocenters. The molecule has 0 N–H and O–H groups in total. The average Bonchev–Trinajstić information content (AvgIpc) is 2.39. The topological polar surface area (TPSA) is 23.6 Å². The number of amides is 1. The van der Waals surface area contributed by atoms with Crippen LogP contribution in [0.2, 0.25) is 0 Å². The Morgan fingerprint density at radius 1 is 1.25 bits per heavy atom. The van der Waals surface area contributed by atoms with E-state index in [1.165, 1.54) is 32.4 Å². The molecule has 1 aliphatic rings. The molecule has 0 saturated carbocycles. The zero-order chi connectivity index (χ0) is 15.0. The summed E-state index contributed by atoms with van der Waals surface area (Å²) in [5.41, 5.74) is 2.13. The summed E-state index contributed by atoms with van der Waals surface area (Å²) >= 11 is 0. The number of hydrogen-bond donors (Lipinski definition) is 0. The fourth-order valence-corrected chi connectivity index (χ4v) is 2.77. The summed E-state index contributed by atoms with van der Waals surface area (Å²) in [6.07, 6.45) is 8.08. The summed E-state index contributed by atoms with van der Waals surface area (Å²) in [6, 6.07) is 0. The predicted octanol–water partition coefficient (Wildman–Crippen LogP) is 3.58. The van der Waals surface area contributed by atoms with E-state index < -0.39 is 0 Å². The highest BCUT2D eigenvalue weighted by Crippen LogP contribution is 2.13. The number of carbonyl (C=O) groups is 1. The maximum atomic E-state index is 11.8. The van der Waals surface area contributed by atoms with E-state index in [4.69, 9.17) is 0 Å². The van der Waals surface area contributed by atoms with Crippen molar-refractivity contribution in [3.05, 3.63) is 23.9 Å². The van der Waals surface area contributed by atoms with Gasteiger partial charge in [0.05, 0.1) is 0 Å². The van der Waals surface area contributed by atoms with Crippen molar-refractivity contribution in [2.45, 2.75) is 52.9 Å². The largest absolute Gasteiger partial charge is 0.315 e. The zero-order valence-corrected chi connectivity index (χ0v) is 13.5. The van der Waals surface area contributed by atoms with Gasteiger partial charge < -0.3 is 9.80 Å². The highest BCUT2D eigenvalue weighted by atomic mass is 16.2. The Bertz CT molecular complexity index is 354. The molecule has 3 nitrogen and oxygen atoms in total. The fourth-order valence-electron chi connectivity index (χ4n) is 2.77. The molecule has 1 amide bonds. The third-order valence-electron chi connectivity index (χ3n) is 3.88. The molecule has 0 aromatic carbocycles. The standard InChI is InChI=1S/C17H30N2O/c1-5-9-15(2)14-16(3)19(17(4)20)13-12-18-10-7-6-8-11-18/h14H,2,5-13H2,1,3-4H3/b16-14+. The normalized spacial score (nSPS) is 17.1. The van der Waals surface area contributed by atoms with Crippen molar-refractivity contribution < 1.29 is 4.79 Å². The van der Waals surface area contributed by atoms with Gasteiger partial charge in [-0.15, -0.1) is 0 Å². The predicted molar refractivity (Wildman–Crippen MR) is 85.5 cm³/mol. The first-order valence-corrected chi connectivity index (χ1v) is 7.91. The van der Waals surface area contributed by atoms with Crippen LogP contribution in [0.15, 0.2) is 23.9 Å². The molecule has 1 fully saturated rings. The van der Waals surface area contributed by atoms with Gasteiger partial charge in [-0.25, -0.2) is 0 Å². The molecule has 0 spiro atoms. The van der Waals surface area contributed by atoms with Crippen molar-refractivity contribution in [1.82, 2.24) is 9.80 Å². The summed E-state index contributed by atoms with van der Waals surface area (Å²) in [6.45, 7) is 14.0. The molecule has 1 rings (SSSR count). The Kier molecular flexibility index (Phi) is 7.60. The van der Waals surface area contributed by atoms with Crippen molar-refractivity contribution in [2.24, 2.45) is 0 Å². The lowest BCUT2D eigenvalue weighted by molar-refractivity contribution is -0.127. The maximum absolute atomic E-state index is 11.8. The van der Waals surface area contributed by atoms with E-state index in [0.29, 0.717) is 0 Å². The smallest absolute Gasteiger partial charge is 0.223 e. The van der Waals surface area contributed by atoms with Crippen LogP contribution in [-0.4, -0.2) is 41.9 Å². The van der Waals surface area contributed by atoms with E-state index in [2.05, 4.69) is 24.5 Å². The first-order valence-electron chi connectivity index (χ1n) is 7.91. The fraction of sp³-hybridized carbons (Fsp3) is 0.706. The second-order valence-electron chi connectivity index (χ2n) is 5.77. The van der Waals surface area contributed by atoms with E-state index in [1.54, 1.807) is 6.92 Å². The molecule has 1 heterocycles. The highest BCUT2D eigenvalue weighted by molar-refractivity contribution is 5.75. The van der Waals surface area contributed by atoms with Gasteiger partial charge in [0.1, 0.15) is 0 Å². The van der Waals surface area contributed by atoms with Gasteiger partial charge >= 0.3 is 0 Å². The second kappa shape index (κ2) is 8.96. The second-order valence-corrected chi connectivity index (χ2v) is 5.77. The van der Waals surface area contributed by atoms with Crippen LogP contribution in [0.25, 0.3) is 0 Å². The van der Waals surface area contributed by atoms with Crippen LogP contribution >= 0.6 is 0 Å². The minimum absolute atomic E-state index is 0.125. The average molecular weight is 278 g/mol. The number of piperidine rings is 1. The number of hydrogen-bond acceptors (Lipinski definition) is 2. The first-order chi connectivity index (χ1) is 9.54. The Morgan fingerprint density at radius 2 is 1.90 bits per heavy atom. The van der Waals surface area contributed by atoms with Crippen molar-refractivity contribution >= 4 is 5.91 Å². The number of carbonyl (C=O) groups excluding carboxylic acids is 1. The molecule has 0 aromatic rings. The zero-order valence-electron chi connectivity index (χ0n) is 13.5. The number of likely N-dealkylation sites (tertiary alicyclic amines) is 1. The van der Waals surface area contributed by atoms with Crippen molar-refractivity contribution in [2.75, 3.05) is 26.2 Å². The van der Waals surface area contributed by atoms with Crippen molar-refractivity contribution in [3.8, 4) is 0 Å². The maximum Gasteiger partial charge on any atom is 0.223 e. The monoisotopic (exact) mass is 278 g/mol. The summed E-state index contributed by atoms with van der Waals surface area (Å²) in [5, 5.41) is 0. The molecular formula is C17H30N2O. The van der Waals surface area contributed by atoms with E-state index in [9.17, 15) is 4.79 Å². The van der Waals surface area contributed by atoms with E-state index in [1.807, 2.05) is 11.8 Å². The van der Waals surface area contributed by atoms with Gasteiger partial charge in [0, 0.05) is 25.7 Å². The van der Waals surface area contributed by atoms with Crippen LogP contribution in [0.1, 0.15) is 52.9 Å². The molecule has 0 aromatic heterocycles. The molecule has 114 valence electrons. The molecule has 20 heavy (non-hydrogen) atoms. The number of allylic oxidation sites excluding steroid dienone is 3. The Hall–Kier alpha value is -1.09. The van der Waals surface area contributed by atoms with Gasteiger partial charge in [0.25, 0.3) is 0 Å². The van der Waals surface area contributed by atoms with Crippen LogP contribution in [0.3, 0.4) is 0 Å². The number of nitrogens with zero attached hydrogens (tertiary/aromatic N) is 2.